The van der Waals surface area contributed by atoms with E-state index in [2.05, 4.69) is 15.6 Å². The Morgan fingerprint density at radius 3 is 3.04 bits per heavy atom. The van der Waals surface area contributed by atoms with Crippen molar-refractivity contribution in [2.45, 2.75) is 32.0 Å². The number of nitrogens with zero attached hydrogens (tertiary/aromatic N) is 1. The van der Waals surface area contributed by atoms with Crippen molar-refractivity contribution in [3.05, 3.63) is 24.2 Å². The average Bonchev–Trinajstić information content (AvgIpc) is 3.25. The van der Waals surface area contributed by atoms with Crippen molar-refractivity contribution in [1.29, 1.82) is 0 Å². The molecule has 2 atom stereocenters. The molecule has 0 aliphatic carbocycles. The molecule has 2 rings (SSSR count). The molecule has 1 fully saturated rings. The largest absolute Gasteiger partial charge is 0.467 e. The van der Waals surface area contributed by atoms with Gasteiger partial charge in [-0.25, -0.2) is 0 Å². The van der Waals surface area contributed by atoms with E-state index >= 15 is 0 Å². The van der Waals surface area contributed by atoms with E-state index in [9.17, 15) is 5.11 Å². The van der Waals surface area contributed by atoms with E-state index < -0.39 is 6.10 Å². The first-order valence-electron chi connectivity index (χ1n) is 8.22. The minimum Gasteiger partial charge on any atom is -0.467 e. The van der Waals surface area contributed by atoms with Crippen LogP contribution in [0, 0.1) is 0 Å². The van der Waals surface area contributed by atoms with Gasteiger partial charge in [0.05, 0.1) is 25.5 Å². The SMILES string of the molecule is CCNC(=NCC(O)c1ccco1)NCCCOC1CCOC1.I. The fourth-order valence-corrected chi connectivity index (χ4v) is 2.26. The molecule has 2 unspecified atom stereocenters. The van der Waals surface area contributed by atoms with Gasteiger partial charge in [0.25, 0.3) is 0 Å². The number of ether oxygens (including phenoxy) is 2. The molecule has 1 aromatic heterocycles. The molecule has 0 amide bonds. The van der Waals surface area contributed by atoms with Crippen LogP contribution in [0.2, 0.25) is 0 Å². The van der Waals surface area contributed by atoms with E-state index in [1.165, 1.54) is 0 Å². The van der Waals surface area contributed by atoms with Gasteiger partial charge in [0, 0.05) is 26.3 Å². The van der Waals surface area contributed by atoms with Crippen molar-refractivity contribution in [3.8, 4) is 0 Å². The molecule has 0 bridgehead atoms. The molecule has 0 radical (unpaired) electrons. The molecule has 0 aromatic carbocycles. The highest BCUT2D eigenvalue weighted by Crippen LogP contribution is 2.12. The second-order valence-corrected chi connectivity index (χ2v) is 5.39. The van der Waals surface area contributed by atoms with Gasteiger partial charge in [-0.3, -0.25) is 4.99 Å². The predicted octanol–water partition coefficient (Wildman–Crippen LogP) is 1.68. The van der Waals surface area contributed by atoms with E-state index in [0.29, 0.717) is 24.9 Å². The Bertz CT molecular complexity index is 450. The lowest BCUT2D eigenvalue weighted by atomic mass is 10.3. The zero-order valence-electron chi connectivity index (χ0n) is 14.1. The van der Waals surface area contributed by atoms with Crippen LogP contribution in [0.3, 0.4) is 0 Å². The third kappa shape index (κ3) is 7.82. The summed E-state index contributed by atoms with van der Waals surface area (Å²) in [7, 11) is 0. The number of hydrogen-bond donors (Lipinski definition) is 3. The van der Waals surface area contributed by atoms with Crippen LogP contribution >= 0.6 is 24.0 Å². The lowest BCUT2D eigenvalue weighted by Crippen LogP contribution is -2.38. The molecular formula is C16H28IN3O4. The second kappa shape index (κ2) is 12.5. The van der Waals surface area contributed by atoms with Crippen LogP contribution in [0.4, 0.5) is 0 Å². The van der Waals surface area contributed by atoms with Gasteiger partial charge < -0.3 is 29.6 Å². The van der Waals surface area contributed by atoms with Crippen LogP contribution in [-0.4, -0.2) is 56.6 Å². The van der Waals surface area contributed by atoms with Gasteiger partial charge in [0.15, 0.2) is 5.96 Å². The Morgan fingerprint density at radius 1 is 1.50 bits per heavy atom. The third-order valence-corrected chi connectivity index (χ3v) is 3.49. The fraction of sp³-hybridized carbons (Fsp3) is 0.688. The smallest absolute Gasteiger partial charge is 0.191 e. The number of furan rings is 1. The summed E-state index contributed by atoms with van der Waals surface area (Å²) in [6.45, 7) is 5.99. The Morgan fingerprint density at radius 2 is 2.38 bits per heavy atom. The summed E-state index contributed by atoms with van der Waals surface area (Å²) in [5, 5.41) is 16.4. The van der Waals surface area contributed by atoms with Gasteiger partial charge in [-0.05, 0) is 31.9 Å². The summed E-state index contributed by atoms with van der Waals surface area (Å²) in [6, 6.07) is 3.49. The van der Waals surface area contributed by atoms with Crippen molar-refractivity contribution in [3.63, 3.8) is 0 Å². The number of halogens is 1. The van der Waals surface area contributed by atoms with Crippen molar-refractivity contribution in [1.82, 2.24) is 10.6 Å². The normalized spacial score (nSPS) is 18.9. The predicted molar refractivity (Wildman–Crippen MR) is 103 cm³/mol. The first-order chi connectivity index (χ1) is 11.3. The number of aliphatic hydroxyl groups is 1. The summed E-state index contributed by atoms with van der Waals surface area (Å²) in [4.78, 5) is 4.37. The molecule has 7 nitrogen and oxygen atoms in total. The fourth-order valence-electron chi connectivity index (χ4n) is 2.26. The monoisotopic (exact) mass is 453 g/mol. The first kappa shape index (κ1) is 21.2. The number of hydrogen-bond acceptors (Lipinski definition) is 5. The number of aliphatic imine (C=N–C) groups is 1. The molecular weight excluding hydrogens is 425 g/mol. The van der Waals surface area contributed by atoms with Crippen LogP contribution in [0.5, 0.6) is 0 Å². The maximum absolute atomic E-state index is 9.97. The Labute approximate surface area is 160 Å². The van der Waals surface area contributed by atoms with E-state index in [0.717, 1.165) is 32.5 Å². The highest BCUT2D eigenvalue weighted by molar-refractivity contribution is 14.0. The van der Waals surface area contributed by atoms with Crippen molar-refractivity contribution >= 4 is 29.9 Å². The van der Waals surface area contributed by atoms with Crippen LogP contribution in [0.15, 0.2) is 27.8 Å². The topological polar surface area (TPSA) is 88.3 Å². The molecule has 1 aliphatic rings. The van der Waals surface area contributed by atoms with Crippen molar-refractivity contribution in [2.24, 2.45) is 4.99 Å². The highest BCUT2D eigenvalue weighted by Gasteiger charge is 2.15. The third-order valence-electron chi connectivity index (χ3n) is 3.49. The molecule has 24 heavy (non-hydrogen) atoms. The van der Waals surface area contributed by atoms with Gasteiger partial charge in [-0.2, -0.15) is 0 Å². The summed E-state index contributed by atoms with van der Waals surface area (Å²) in [5.74, 6) is 1.21. The van der Waals surface area contributed by atoms with Gasteiger partial charge in [-0.1, -0.05) is 0 Å². The lowest BCUT2D eigenvalue weighted by molar-refractivity contribution is 0.0420. The van der Waals surface area contributed by atoms with Gasteiger partial charge >= 0.3 is 0 Å². The van der Waals surface area contributed by atoms with Crippen LogP contribution in [-0.2, 0) is 9.47 Å². The molecule has 0 saturated carbocycles. The summed E-state index contributed by atoms with van der Waals surface area (Å²) >= 11 is 0. The van der Waals surface area contributed by atoms with Crippen LogP contribution in [0.1, 0.15) is 31.6 Å². The minimum absolute atomic E-state index is 0. The van der Waals surface area contributed by atoms with Gasteiger partial charge in [0.2, 0.25) is 0 Å². The van der Waals surface area contributed by atoms with Gasteiger partial charge in [-0.15, -0.1) is 24.0 Å². The quantitative estimate of drug-likeness (QED) is 0.228. The minimum atomic E-state index is -0.730. The highest BCUT2D eigenvalue weighted by atomic mass is 127. The van der Waals surface area contributed by atoms with E-state index in [1.807, 2.05) is 6.92 Å². The van der Waals surface area contributed by atoms with E-state index in [1.54, 1.807) is 18.4 Å². The van der Waals surface area contributed by atoms with Crippen molar-refractivity contribution < 1.29 is 19.0 Å². The lowest BCUT2D eigenvalue weighted by Gasteiger charge is -2.13. The molecule has 8 heteroatoms. The molecule has 1 aromatic rings. The maximum atomic E-state index is 9.97. The maximum Gasteiger partial charge on any atom is 0.191 e. The number of nitrogens with one attached hydrogen (secondary N) is 2. The zero-order chi connectivity index (χ0) is 16.3. The Hall–Kier alpha value is -0.840. The second-order valence-electron chi connectivity index (χ2n) is 5.39. The van der Waals surface area contributed by atoms with Crippen molar-refractivity contribution in [2.75, 3.05) is 39.5 Å². The molecule has 1 saturated heterocycles. The average molecular weight is 453 g/mol. The molecule has 1 aliphatic heterocycles. The van der Waals surface area contributed by atoms with E-state index in [-0.39, 0.29) is 36.6 Å². The molecule has 3 N–H and O–H groups in total. The van der Waals surface area contributed by atoms with Crippen LogP contribution in [0.25, 0.3) is 0 Å². The zero-order valence-corrected chi connectivity index (χ0v) is 16.4. The summed E-state index contributed by atoms with van der Waals surface area (Å²) < 4.78 is 16.1. The van der Waals surface area contributed by atoms with Gasteiger partial charge in [0.1, 0.15) is 11.9 Å². The van der Waals surface area contributed by atoms with E-state index in [4.69, 9.17) is 13.9 Å². The number of guanidine groups is 1. The standard InChI is InChI=1S/C16H27N3O4.HI/c1-2-17-16(19-11-14(20)15-5-3-8-23-15)18-7-4-9-22-13-6-10-21-12-13;/h3,5,8,13-14,20H,2,4,6-7,9-12H2,1H3,(H2,17,18,19);1H. The Balaban J connectivity index is 0.00000288. The van der Waals surface area contributed by atoms with Crippen LogP contribution < -0.4 is 10.6 Å². The number of rotatable bonds is 9. The number of aliphatic hydroxyl groups excluding tert-OH is 1. The molecule has 2 heterocycles. The summed E-state index contributed by atoms with van der Waals surface area (Å²) in [5.41, 5.74) is 0. The Kier molecular flexibility index (Phi) is 11.1. The molecule has 138 valence electrons. The summed E-state index contributed by atoms with van der Waals surface area (Å²) in [6.07, 6.45) is 2.94. The first-order valence-corrected chi connectivity index (χ1v) is 8.22. The molecule has 0 spiro atoms.